The first-order chi connectivity index (χ1) is 11.4. The van der Waals surface area contributed by atoms with Crippen LogP contribution in [-0.4, -0.2) is 15.0 Å². The van der Waals surface area contributed by atoms with Gasteiger partial charge in [-0.15, -0.1) is 11.3 Å². The molecule has 4 heterocycles. The van der Waals surface area contributed by atoms with Crippen LogP contribution in [0.2, 0.25) is 0 Å². The SMILES string of the molecule is c1ccc2c(c1)sc1c(-c3ccc4cnccc4n3)nccc12. The smallest absolute Gasteiger partial charge is 0.106 e. The molecule has 5 aromatic rings. The van der Waals surface area contributed by atoms with Crippen LogP contribution in [0.5, 0.6) is 0 Å². The topological polar surface area (TPSA) is 38.7 Å². The molecule has 108 valence electrons. The predicted octanol–water partition coefficient (Wildman–Crippen LogP) is 5.06. The molecule has 0 atom stereocenters. The molecule has 4 heteroatoms. The van der Waals surface area contributed by atoms with E-state index in [4.69, 9.17) is 4.98 Å². The van der Waals surface area contributed by atoms with Crippen LogP contribution >= 0.6 is 11.3 Å². The number of thiophene rings is 1. The van der Waals surface area contributed by atoms with Gasteiger partial charge in [0, 0.05) is 39.4 Å². The quantitative estimate of drug-likeness (QED) is 0.434. The zero-order valence-electron chi connectivity index (χ0n) is 12.1. The lowest BCUT2D eigenvalue weighted by atomic mass is 10.1. The summed E-state index contributed by atoms with van der Waals surface area (Å²) in [6.45, 7) is 0. The molecule has 4 aromatic heterocycles. The number of benzene rings is 1. The molecular formula is C19H11N3S. The third-order valence-corrected chi connectivity index (χ3v) is 5.22. The second-order valence-electron chi connectivity index (χ2n) is 5.40. The summed E-state index contributed by atoms with van der Waals surface area (Å²) in [5, 5.41) is 3.56. The summed E-state index contributed by atoms with van der Waals surface area (Å²) in [5.41, 5.74) is 2.79. The fourth-order valence-electron chi connectivity index (χ4n) is 2.93. The Kier molecular flexibility index (Phi) is 2.66. The number of pyridine rings is 3. The van der Waals surface area contributed by atoms with Crippen LogP contribution in [0, 0.1) is 0 Å². The normalized spacial score (nSPS) is 11.5. The molecule has 1 aromatic carbocycles. The molecule has 0 amide bonds. The molecule has 0 aliphatic rings. The van der Waals surface area contributed by atoms with Crippen molar-refractivity contribution in [3.8, 4) is 11.4 Å². The summed E-state index contributed by atoms with van der Waals surface area (Å²) in [6.07, 6.45) is 5.47. The highest BCUT2D eigenvalue weighted by molar-refractivity contribution is 7.26. The van der Waals surface area contributed by atoms with E-state index in [1.54, 1.807) is 17.5 Å². The van der Waals surface area contributed by atoms with Crippen LogP contribution in [0.3, 0.4) is 0 Å². The Labute approximate surface area is 136 Å². The molecule has 0 spiro atoms. The van der Waals surface area contributed by atoms with Crippen molar-refractivity contribution in [2.75, 3.05) is 0 Å². The second-order valence-corrected chi connectivity index (χ2v) is 6.45. The number of nitrogens with zero attached hydrogens (tertiary/aromatic N) is 3. The fraction of sp³-hybridized carbons (Fsp3) is 0. The number of aromatic nitrogens is 3. The van der Waals surface area contributed by atoms with Crippen molar-refractivity contribution in [3.05, 3.63) is 67.1 Å². The summed E-state index contributed by atoms with van der Waals surface area (Å²) in [4.78, 5) is 13.5. The maximum atomic E-state index is 4.77. The van der Waals surface area contributed by atoms with Crippen LogP contribution < -0.4 is 0 Å². The molecular weight excluding hydrogens is 302 g/mol. The first-order valence-electron chi connectivity index (χ1n) is 7.37. The molecule has 0 aliphatic carbocycles. The van der Waals surface area contributed by atoms with Crippen LogP contribution in [0.1, 0.15) is 0 Å². The molecule has 0 saturated carbocycles. The van der Waals surface area contributed by atoms with Gasteiger partial charge in [0.25, 0.3) is 0 Å². The third kappa shape index (κ3) is 1.92. The molecule has 23 heavy (non-hydrogen) atoms. The van der Waals surface area contributed by atoms with Gasteiger partial charge in [0.1, 0.15) is 5.69 Å². The van der Waals surface area contributed by atoms with E-state index in [1.807, 2.05) is 24.5 Å². The molecule has 0 saturated heterocycles. The molecule has 0 unspecified atom stereocenters. The van der Waals surface area contributed by atoms with Crippen LogP contribution in [0.25, 0.3) is 42.5 Å². The highest BCUT2D eigenvalue weighted by Gasteiger charge is 2.12. The monoisotopic (exact) mass is 313 g/mol. The predicted molar refractivity (Wildman–Crippen MR) is 95.7 cm³/mol. The number of rotatable bonds is 1. The van der Waals surface area contributed by atoms with Gasteiger partial charge in [-0.1, -0.05) is 18.2 Å². The van der Waals surface area contributed by atoms with E-state index in [0.717, 1.165) is 22.3 Å². The average molecular weight is 313 g/mol. The molecule has 3 nitrogen and oxygen atoms in total. The van der Waals surface area contributed by atoms with Gasteiger partial charge >= 0.3 is 0 Å². The number of fused-ring (bicyclic) bond motifs is 4. The van der Waals surface area contributed by atoms with Gasteiger partial charge in [-0.3, -0.25) is 9.97 Å². The zero-order chi connectivity index (χ0) is 15.2. The zero-order valence-corrected chi connectivity index (χ0v) is 12.9. The second kappa shape index (κ2) is 4.83. The minimum absolute atomic E-state index is 0.904. The summed E-state index contributed by atoms with van der Waals surface area (Å²) in [6, 6.07) is 16.6. The molecule has 0 aliphatic heterocycles. The van der Waals surface area contributed by atoms with Gasteiger partial charge in [-0.05, 0) is 30.3 Å². The fourth-order valence-corrected chi connectivity index (χ4v) is 4.13. The molecule has 0 N–H and O–H groups in total. The Hall–Kier alpha value is -2.85. The first kappa shape index (κ1) is 12.7. The maximum absolute atomic E-state index is 4.77. The highest BCUT2D eigenvalue weighted by Crippen LogP contribution is 2.38. The average Bonchev–Trinajstić information content (AvgIpc) is 3.00. The summed E-state index contributed by atoms with van der Waals surface area (Å²) < 4.78 is 2.47. The van der Waals surface area contributed by atoms with Crippen molar-refractivity contribution in [1.82, 2.24) is 15.0 Å². The largest absolute Gasteiger partial charge is 0.264 e. The van der Waals surface area contributed by atoms with E-state index in [0.29, 0.717) is 0 Å². The van der Waals surface area contributed by atoms with Crippen LogP contribution in [0.4, 0.5) is 0 Å². The van der Waals surface area contributed by atoms with Gasteiger partial charge in [0.15, 0.2) is 0 Å². The van der Waals surface area contributed by atoms with Crippen molar-refractivity contribution in [3.63, 3.8) is 0 Å². The van der Waals surface area contributed by atoms with Gasteiger partial charge in [-0.25, -0.2) is 4.98 Å². The van der Waals surface area contributed by atoms with Crippen LogP contribution in [0.15, 0.2) is 67.1 Å². The third-order valence-electron chi connectivity index (χ3n) is 4.03. The molecule has 0 fully saturated rings. The Morgan fingerprint density at radius 1 is 0.826 bits per heavy atom. The Bertz CT molecular complexity index is 1180. The van der Waals surface area contributed by atoms with Gasteiger partial charge in [0.05, 0.1) is 15.9 Å². The summed E-state index contributed by atoms with van der Waals surface area (Å²) in [5.74, 6) is 0. The van der Waals surface area contributed by atoms with E-state index in [9.17, 15) is 0 Å². The summed E-state index contributed by atoms with van der Waals surface area (Å²) in [7, 11) is 0. The minimum atomic E-state index is 0.904. The van der Waals surface area contributed by atoms with E-state index in [1.165, 1.54) is 20.2 Å². The van der Waals surface area contributed by atoms with Gasteiger partial charge in [0.2, 0.25) is 0 Å². The van der Waals surface area contributed by atoms with Crippen molar-refractivity contribution in [2.45, 2.75) is 0 Å². The number of hydrogen-bond donors (Lipinski definition) is 0. The Morgan fingerprint density at radius 2 is 1.78 bits per heavy atom. The number of hydrogen-bond acceptors (Lipinski definition) is 4. The first-order valence-corrected chi connectivity index (χ1v) is 8.19. The van der Waals surface area contributed by atoms with Gasteiger partial charge < -0.3 is 0 Å². The molecule has 0 radical (unpaired) electrons. The van der Waals surface area contributed by atoms with Crippen molar-refractivity contribution >= 4 is 42.4 Å². The van der Waals surface area contributed by atoms with Crippen molar-refractivity contribution in [1.29, 1.82) is 0 Å². The lowest BCUT2D eigenvalue weighted by molar-refractivity contribution is 1.29. The lowest BCUT2D eigenvalue weighted by Gasteiger charge is -2.03. The van der Waals surface area contributed by atoms with Gasteiger partial charge in [-0.2, -0.15) is 0 Å². The molecule has 0 bridgehead atoms. The van der Waals surface area contributed by atoms with Crippen molar-refractivity contribution in [2.24, 2.45) is 0 Å². The van der Waals surface area contributed by atoms with E-state index < -0.39 is 0 Å². The standard InChI is InChI=1S/C19H11N3S/c1-2-4-17-13(3-1)14-7-10-21-18(19(14)23-17)16-6-5-12-11-20-9-8-15(12)22-16/h1-11H. The Morgan fingerprint density at radius 3 is 2.78 bits per heavy atom. The summed E-state index contributed by atoms with van der Waals surface area (Å²) >= 11 is 1.77. The molecule has 5 rings (SSSR count). The van der Waals surface area contributed by atoms with E-state index in [-0.39, 0.29) is 0 Å². The highest BCUT2D eigenvalue weighted by atomic mass is 32.1. The van der Waals surface area contributed by atoms with E-state index in [2.05, 4.69) is 46.4 Å². The maximum Gasteiger partial charge on any atom is 0.106 e. The van der Waals surface area contributed by atoms with E-state index >= 15 is 0 Å². The Balaban J connectivity index is 1.84. The minimum Gasteiger partial charge on any atom is -0.264 e. The lowest BCUT2D eigenvalue weighted by Crippen LogP contribution is -1.88. The van der Waals surface area contributed by atoms with Crippen LogP contribution in [-0.2, 0) is 0 Å². The van der Waals surface area contributed by atoms with Crippen molar-refractivity contribution < 1.29 is 0 Å².